The molecule has 2 N–H and O–H groups in total. The van der Waals surface area contributed by atoms with Crippen molar-refractivity contribution in [2.45, 2.75) is 45.9 Å². The Morgan fingerprint density at radius 3 is 1.77 bits per heavy atom. The molecule has 9 heteroatoms. The second-order valence-electron chi connectivity index (χ2n) is 6.90. The molecule has 2 atom stereocenters. The molecule has 0 aliphatic rings. The molecular weight excluding hydrogens is 395 g/mol. The van der Waals surface area contributed by atoms with E-state index in [9.17, 15) is 9.18 Å². The van der Waals surface area contributed by atoms with Crippen LogP contribution in [0.15, 0.2) is 0 Å². The number of nitrogens with one attached hydrogen (secondary N) is 2. The van der Waals surface area contributed by atoms with Gasteiger partial charge in [-0.2, -0.15) is 0 Å². The minimum atomic E-state index is -1.25. The van der Waals surface area contributed by atoms with Crippen LogP contribution in [0.1, 0.15) is 33.6 Å². The second-order valence-corrected chi connectivity index (χ2v) is 6.90. The van der Waals surface area contributed by atoms with Gasteiger partial charge >= 0.3 is 0 Å². The van der Waals surface area contributed by atoms with Crippen LogP contribution >= 0.6 is 0 Å². The van der Waals surface area contributed by atoms with Crippen LogP contribution in [-0.2, 0) is 28.5 Å². The average molecular weight is 439 g/mol. The number of carbonyl (C=O) groups is 1. The van der Waals surface area contributed by atoms with E-state index in [-0.39, 0.29) is 18.4 Å². The van der Waals surface area contributed by atoms with Crippen molar-refractivity contribution in [2.24, 2.45) is 5.92 Å². The Hall–Kier alpha value is -0.840. The number of halogens is 1. The Bertz CT molecular complexity index is 389. The molecule has 0 bridgehead atoms. The third-order valence-corrected chi connectivity index (χ3v) is 4.56. The molecule has 0 aromatic carbocycles. The first-order valence-corrected chi connectivity index (χ1v) is 11.1. The first kappa shape index (κ1) is 29.2. The fourth-order valence-corrected chi connectivity index (χ4v) is 2.50. The van der Waals surface area contributed by atoms with Crippen molar-refractivity contribution in [1.29, 1.82) is 0 Å². The zero-order valence-electron chi connectivity index (χ0n) is 19.3. The monoisotopic (exact) mass is 438 g/mol. The average Bonchev–Trinajstić information content (AvgIpc) is 2.75. The van der Waals surface area contributed by atoms with Gasteiger partial charge in [0.2, 0.25) is 5.91 Å². The number of carbonyl (C=O) groups excluding carboxylic acids is 1. The summed E-state index contributed by atoms with van der Waals surface area (Å²) >= 11 is 0. The highest BCUT2D eigenvalue weighted by molar-refractivity contribution is 5.78. The fraction of sp³-hybridized carbons (Fsp3) is 0.952. The van der Waals surface area contributed by atoms with E-state index in [0.717, 1.165) is 19.4 Å². The molecule has 0 saturated carbocycles. The van der Waals surface area contributed by atoms with Crippen molar-refractivity contribution in [3.63, 3.8) is 0 Å². The summed E-state index contributed by atoms with van der Waals surface area (Å²) in [7, 11) is 1.88. The largest absolute Gasteiger partial charge is 0.378 e. The maximum Gasteiger partial charge on any atom is 0.223 e. The fourth-order valence-electron chi connectivity index (χ4n) is 2.50. The number of hydrogen-bond donors (Lipinski definition) is 2. The predicted octanol–water partition coefficient (Wildman–Crippen LogP) is 1.57. The Balaban J connectivity index is 3.44. The van der Waals surface area contributed by atoms with Crippen LogP contribution in [0, 0.1) is 5.92 Å². The third kappa shape index (κ3) is 16.9. The maximum atomic E-state index is 14.1. The number of amides is 1. The third-order valence-electron chi connectivity index (χ3n) is 4.56. The van der Waals surface area contributed by atoms with E-state index in [4.69, 9.17) is 23.7 Å². The zero-order valence-corrected chi connectivity index (χ0v) is 19.3. The summed E-state index contributed by atoms with van der Waals surface area (Å²) < 4.78 is 41.0. The van der Waals surface area contributed by atoms with Gasteiger partial charge in [0.15, 0.2) is 0 Å². The van der Waals surface area contributed by atoms with Crippen molar-refractivity contribution in [1.82, 2.24) is 10.6 Å². The van der Waals surface area contributed by atoms with Crippen molar-refractivity contribution in [3.8, 4) is 0 Å². The van der Waals surface area contributed by atoms with E-state index in [1.165, 1.54) is 0 Å². The highest BCUT2D eigenvalue weighted by atomic mass is 19.1. The molecule has 0 spiro atoms. The quantitative estimate of drug-likeness (QED) is 0.248. The number of hydrogen-bond acceptors (Lipinski definition) is 7. The molecule has 1 amide bonds. The highest BCUT2D eigenvalue weighted by Crippen LogP contribution is 2.08. The van der Waals surface area contributed by atoms with Gasteiger partial charge in [-0.15, -0.1) is 0 Å². The molecule has 0 aromatic rings. The molecule has 0 heterocycles. The molecule has 2 unspecified atom stereocenters. The molecule has 0 aliphatic heterocycles. The predicted molar refractivity (Wildman–Crippen MR) is 115 cm³/mol. The smallest absolute Gasteiger partial charge is 0.223 e. The first-order chi connectivity index (χ1) is 14.6. The Labute approximate surface area is 181 Å². The van der Waals surface area contributed by atoms with E-state index < -0.39 is 12.3 Å². The molecule has 0 aliphatic carbocycles. The van der Waals surface area contributed by atoms with Crippen LogP contribution in [0.2, 0.25) is 0 Å². The van der Waals surface area contributed by atoms with Gasteiger partial charge < -0.3 is 34.3 Å². The normalized spacial score (nSPS) is 13.5. The Morgan fingerprint density at radius 1 is 0.833 bits per heavy atom. The standard InChI is InChI=1S/C21H43FN2O6/c1-5-19(6-2)21(25)24-17-20(22)18(3)30-16-15-29-14-13-28-12-11-27-10-9-26-8-7-23-4/h18-20,23H,5-17H2,1-4H3,(H,24,25). The lowest BCUT2D eigenvalue weighted by atomic mass is 10.0. The molecular formula is C21H43FN2O6. The lowest BCUT2D eigenvalue weighted by Gasteiger charge is -2.19. The van der Waals surface area contributed by atoms with E-state index >= 15 is 0 Å². The molecule has 8 nitrogen and oxygen atoms in total. The van der Waals surface area contributed by atoms with E-state index in [1.807, 2.05) is 20.9 Å². The van der Waals surface area contributed by atoms with Crippen LogP contribution < -0.4 is 10.6 Å². The molecule has 0 fully saturated rings. The molecule has 0 aromatic heterocycles. The van der Waals surface area contributed by atoms with Crippen molar-refractivity contribution < 1.29 is 32.9 Å². The summed E-state index contributed by atoms with van der Waals surface area (Å²) in [6.45, 7) is 10.7. The van der Waals surface area contributed by atoms with Crippen molar-refractivity contribution in [3.05, 3.63) is 0 Å². The van der Waals surface area contributed by atoms with Gasteiger partial charge in [0.25, 0.3) is 0 Å². The Morgan fingerprint density at radius 2 is 1.30 bits per heavy atom. The molecule has 0 rings (SSSR count). The zero-order chi connectivity index (χ0) is 22.5. The van der Waals surface area contributed by atoms with Crippen molar-refractivity contribution in [2.75, 3.05) is 79.6 Å². The topological polar surface area (TPSA) is 87.3 Å². The second kappa shape index (κ2) is 21.4. The maximum absolute atomic E-state index is 14.1. The van der Waals surface area contributed by atoms with Crippen molar-refractivity contribution >= 4 is 5.91 Å². The molecule has 0 saturated heterocycles. The van der Waals surface area contributed by atoms with Gasteiger partial charge in [-0.05, 0) is 26.8 Å². The minimum absolute atomic E-state index is 0.0324. The van der Waals surface area contributed by atoms with E-state index in [0.29, 0.717) is 59.5 Å². The van der Waals surface area contributed by atoms with Gasteiger partial charge in [-0.25, -0.2) is 4.39 Å². The van der Waals surface area contributed by atoms with Crippen LogP contribution in [0.5, 0.6) is 0 Å². The van der Waals surface area contributed by atoms with Crippen LogP contribution in [-0.4, -0.2) is 97.8 Å². The Kier molecular flexibility index (Phi) is 20.8. The van der Waals surface area contributed by atoms with Gasteiger partial charge in [0, 0.05) is 12.5 Å². The van der Waals surface area contributed by atoms with E-state index in [1.54, 1.807) is 6.92 Å². The van der Waals surface area contributed by atoms with Gasteiger partial charge in [-0.3, -0.25) is 4.79 Å². The van der Waals surface area contributed by atoms with Gasteiger partial charge in [-0.1, -0.05) is 13.8 Å². The summed E-state index contributed by atoms with van der Waals surface area (Å²) in [5, 5.41) is 5.66. The van der Waals surface area contributed by atoms with Crippen LogP contribution in [0.3, 0.4) is 0 Å². The lowest BCUT2D eigenvalue weighted by Crippen LogP contribution is -2.39. The SMILES string of the molecule is CCC(CC)C(=O)NCC(F)C(C)OCCOCCOCCOCCOCCNC. The summed E-state index contributed by atoms with van der Waals surface area (Å²) in [5.41, 5.74) is 0. The number of alkyl halides is 1. The lowest BCUT2D eigenvalue weighted by molar-refractivity contribution is -0.125. The molecule has 0 radical (unpaired) electrons. The minimum Gasteiger partial charge on any atom is -0.378 e. The van der Waals surface area contributed by atoms with Crippen LogP contribution in [0.25, 0.3) is 0 Å². The first-order valence-electron chi connectivity index (χ1n) is 11.1. The summed E-state index contributed by atoms with van der Waals surface area (Å²) in [4.78, 5) is 11.9. The summed E-state index contributed by atoms with van der Waals surface area (Å²) in [5.74, 6) is -0.153. The van der Waals surface area contributed by atoms with Crippen LogP contribution in [0.4, 0.5) is 4.39 Å². The molecule has 30 heavy (non-hydrogen) atoms. The highest BCUT2D eigenvalue weighted by Gasteiger charge is 2.20. The van der Waals surface area contributed by atoms with Gasteiger partial charge in [0.1, 0.15) is 6.17 Å². The number of ether oxygens (including phenoxy) is 5. The summed E-state index contributed by atoms with van der Waals surface area (Å²) in [6, 6.07) is 0. The van der Waals surface area contributed by atoms with E-state index in [2.05, 4.69) is 10.6 Å². The summed E-state index contributed by atoms with van der Waals surface area (Å²) in [6.07, 6.45) is -0.344. The number of rotatable bonds is 22. The van der Waals surface area contributed by atoms with Gasteiger partial charge in [0.05, 0.1) is 72.1 Å². The molecule has 180 valence electrons. The number of likely N-dealkylation sites (N-methyl/N-ethyl adjacent to an activating group) is 1.